The van der Waals surface area contributed by atoms with Crippen LogP contribution in [0, 0.1) is 13.8 Å². The Kier molecular flexibility index (Phi) is 7.35. The fraction of sp³-hybridized carbons (Fsp3) is 0.161. The van der Waals surface area contributed by atoms with Crippen molar-refractivity contribution in [1.82, 2.24) is 4.57 Å². The van der Waals surface area contributed by atoms with Crippen molar-refractivity contribution in [2.24, 2.45) is 5.73 Å². The van der Waals surface area contributed by atoms with E-state index in [1.54, 1.807) is 43.3 Å². The molecule has 0 spiro atoms. The Labute approximate surface area is 236 Å². The number of aryl methyl sites for hydroxylation is 2. The predicted molar refractivity (Wildman–Crippen MR) is 158 cm³/mol. The van der Waals surface area contributed by atoms with Gasteiger partial charge in [-0.1, -0.05) is 77.9 Å². The third-order valence-corrected chi connectivity index (χ3v) is 9.75. The summed E-state index contributed by atoms with van der Waals surface area (Å²) >= 11 is 1.09. The highest BCUT2D eigenvalue weighted by molar-refractivity contribution is 7.95. The lowest BCUT2D eigenvalue weighted by Crippen LogP contribution is -2.41. The SMILES string of the molecule is CCOC(=O)C1=c2s/c(=C/c3ccc(C)cc3)c(=O)n2C(N)=C(S(=O)(=O)c2ccccc2)[C@H]1c1ccc(C)cc1. The lowest BCUT2D eigenvalue weighted by molar-refractivity contribution is -0.136. The van der Waals surface area contributed by atoms with Crippen molar-refractivity contribution in [2.75, 3.05) is 6.61 Å². The van der Waals surface area contributed by atoms with Crippen molar-refractivity contribution in [2.45, 2.75) is 31.6 Å². The quantitative estimate of drug-likeness (QED) is 0.355. The largest absolute Gasteiger partial charge is 0.463 e. The molecule has 0 saturated carbocycles. The number of nitrogens with zero attached hydrogens (tertiary/aromatic N) is 1. The molecule has 4 aromatic rings. The molecular weight excluding hydrogens is 544 g/mol. The number of hydrogen-bond acceptors (Lipinski definition) is 7. The smallest absolute Gasteiger partial charge is 0.338 e. The molecular formula is C31H28N2O5S2. The van der Waals surface area contributed by atoms with E-state index in [0.717, 1.165) is 32.6 Å². The van der Waals surface area contributed by atoms with Crippen molar-refractivity contribution >= 4 is 44.6 Å². The van der Waals surface area contributed by atoms with Crippen LogP contribution in [0.5, 0.6) is 0 Å². The normalized spacial score (nSPS) is 15.7. The van der Waals surface area contributed by atoms with Gasteiger partial charge in [0.2, 0.25) is 9.84 Å². The molecule has 2 N–H and O–H groups in total. The van der Waals surface area contributed by atoms with E-state index < -0.39 is 27.3 Å². The first kappa shape index (κ1) is 27.4. The van der Waals surface area contributed by atoms with E-state index in [1.807, 2.05) is 50.2 Å². The van der Waals surface area contributed by atoms with Crippen LogP contribution >= 0.6 is 11.3 Å². The molecule has 40 heavy (non-hydrogen) atoms. The number of thiazole rings is 1. The summed E-state index contributed by atoms with van der Waals surface area (Å²) in [5.41, 5.74) is 9.53. The molecule has 0 bridgehead atoms. The summed E-state index contributed by atoms with van der Waals surface area (Å²) in [7, 11) is -4.25. The van der Waals surface area contributed by atoms with Crippen LogP contribution in [0.25, 0.3) is 17.5 Å². The molecule has 7 nitrogen and oxygen atoms in total. The highest BCUT2D eigenvalue weighted by Crippen LogP contribution is 2.42. The number of hydrogen-bond donors (Lipinski definition) is 1. The van der Waals surface area contributed by atoms with E-state index in [4.69, 9.17) is 10.5 Å². The topological polar surface area (TPSA) is 108 Å². The number of carbonyl (C=O) groups is 1. The summed E-state index contributed by atoms with van der Waals surface area (Å²) in [6.07, 6.45) is 1.71. The average molecular weight is 573 g/mol. The fourth-order valence-electron chi connectivity index (χ4n) is 4.72. The van der Waals surface area contributed by atoms with E-state index in [-0.39, 0.29) is 32.5 Å². The zero-order valence-electron chi connectivity index (χ0n) is 22.2. The molecule has 204 valence electrons. The van der Waals surface area contributed by atoms with Gasteiger partial charge >= 0.3 is 5.97 Å². The maximum atomic E-state index is 14.2. The molecule has 0 aliphatic carbocycles. The number of ether oxygens (including phenoxy) is 1. The highest BCUT2D eigenvalue weighted by atomic mass is 32.2. The second-order valence-corrected chi connectivity index (χ2v) is 12.5. The van der Waals surface area contributed by atoms with Gasteiger partial charge in [0.15, 0.2) is 0 Å². The molecule has 0 amide bonds. The summed E-state index contributed by atoms with van der Waals surface area (Å²) in [5, 5.41) is 0. The van der Waals surface area contributed by atoms with Gasteiger partial charge in [-0.05, 0) is 50.1 Å². The van der Waals surface area contributed by atoms with E-state index in [9.17, 15) is 18.0 Å². The third kappa shape index (κ3) is 4.82. The minimum atomic E-state index is -4.25. The maximum absolute atomic E-state index is 14.2. The van der Waals surface area contributed by atoms with Crippen LogP contribution in [0.3, 0.4) is 0 Å². The van der Waals surface area contributed by atoms with Gasteiger partial charge in [-0.25, -0.2) is 13.2 Å². The lowest BCUT2D eigenvalue weighted by Gasteiger charge is -2.28. The molecule has 2 heterocycles. The first-order chi connectivity index (χ1) is 19.1. The number of esters is 1. The Morgan fingerprint density at radius 3 is 2.17 bits per heavy atom. The number of nitrogens with two attached hydrogens (primary N) is 1. The van der Waals surface area contributed by atoms with Crippen LogP contribution in [-0.2, 0) is 19.4 Å². The Morgan fingerprint density at radius 2 is 1.57 bits per heavy atom. The van der Waals surface area contributed by atoms with Crippen LogP contribution in [0.2, 0.25) is 0 Å². The summed E-state index contributed by atoms with van der Waals surface area (Å²) in [6.45, 7) is 5.62. The number of allylic oxidation sites excluding steroid dienone is 1. The number of aromatic nitrogens is 1. The minimum absolute atomic E-state index is 0.00596. The van der Waals surface area contributed by atoms with Gasteiger partial charge in [-0.3, -0.25) is 9.36 Å². The Hall–Kier alpha value is -4.21. The molecule has 1 aliphatic heterocycles. The molecule has 0 radical (unpaired) electrons. The molecule has 1 aromatic heterocycles. The van der Waals surface area contributed by atoms with Crippen molar-refractivity contribution < 1.29 is 17.9 Å². The van der Waals surface area contributed by atoms with Gasteiger partial charge in [-0.15, -0.1) is 11.3 Å². The fourth-order valence-corrected chi connectivity index (χ4v) is 7.58. The zero-order chi connectivity index (χ0) is 28.6. The first-order valence-electron chi connectivity index (χ1n) is 12.7. The van der Waals surface area contributed by atoms with E-state index in [1.165, 1.54) is 12.1 Å². The minimum Gasteiger partial charge on any atom is -0.463 e. The van der Waals surface area contributed by atoms with E-state index in [0.29, 0.717) is 10.1 Å². The van der Waals surface area contributed by atoms with Crippen molar-refractivity contribution in [3.05, 3.63) is 126 Å². The van der Waals surface area contributed by atoms with Crippen LogP contribution < -0.4 is 20.5 Å². The Morgan fingerprint density at radius 1 is 0.975 bits per heavy atom. The van der Waals surface area contributed by atoms with Gasteiger partial charge < -0.3 is 10.5 Å². The predicted octanol–water partition coefficient (Wildman–Crippen LogP) is 3.43. The molecule has 0 fully saturated rings. The monoisotopic (exact) mass is 572 g/mol. The van der Waals surface area contributed by atoms with Gasteiger partial charge in [0.05, 0.1) is 27.5 Å². The van der Waals surface area contributed by atoms with Crippen LogP contribution in [0.15, 0.2) is 93.5 Å². The maximum Gasteiger partial charge on any atom is 0.338 e. The molecule has 5 rings (SSSR count). The lowest BCUT2D eigenvalue weighted by atomic mass is 9.89. The van der Waals surface area contributed by atoms with Crippen molar-refractivity contribution in [3.63, 3.8) is 0 Å². The molecule has 0 unspecified atom stereocenters. The Balaban J connectivity index is 1.92. The Bertz CT molecular complexity index is 1920. The zero-order valence-corrected chi connectivity index (χ0v) is 23.9. The number of carbonyl (C=O) groups excluding carboxylic acids is 1. The second kappa shape index (κ2) is 10.7. The van der Waals surface area contributed by atoms with Gasteiger partial charge in [0.25, 0.3) is 5.56 Å². The van der Waals surface area contributed by atoms with E-state index >= 15 is 0 Å². The molecule has 3 aromatic carbocycles. The number of fused-ring (bicyclic) bond motifs is 1. The molecule has 0 saturated heterocycles. The highest BCUT2D eigenvalue weighted by Gasteiger charge is 2.42. The number of benzene rings is 3. The number of rotatable bonds is 6. The van der Waals surface area contributed by atoms with Crippen LogP contribution in [-0.4, -0.2) is 25.6 Å². The molecule has 1 atom stereocenters. The van der Waals surface area contributed by atoms with Gasteiger partial charge in [-0.2, -0.15) is 0 Å². The molecule has 9 heteroatoms. The number of sulfone groups is 1. The van der Waals surface area contributed by atoms with Gasteiger partial charge in [0.1, 0.15) is 15.4 Å². The van der Waals surface area contributed by atoms with Crippen LogP contribution in [0.4, 0.5) is 0 Å². The van der Waals surface area contributed by atoms with E-state index in [2.05, 4.69) is 0 Å². The standard InChI is InChI=1S/C31H28N2O5S2/c1-4-38-31(35)26-25(22-16-12-20(3)13-17-22)27(40(36,37)23-8-6-5-7-9-23)28(32)33-29(34)24(39-30(26)33)18-21-14-10-19(2)11-15-21/h5-18,25H,4,32H2,1-3H3/b24-18+/t25-/m0/s1. The van der Waals surface area contributed by atoms with Crippen molar-refractivity contribution in [1.29, 1.82) is 0 Å². The first-order valence-corrected chi connectivity index (χ1v) is 15.0. The average Bonchev–Trinajstić information content (AvgIpc) is 3.26. The van der Waals surface area contributed by atoms with Gasteiger partial charge in [0, 0.05) is 0 Å². The summed E-state index contributed by atoms with van der Waals surface area (Å²) in [4.78, 5) is 27.2. The van der Waals surface area contributed by atoms with Crippen molar-refractivity contribution in [3.8, 4) is 0 Å². The summed E-state index contributed by atoms with van der Waals surface area (Å²) in [6, 6.07) is 22.7. The molecule has 1 aliphatic rings. The second-order valence-electron chi connectivity index (χ2n) is 9.51. The summed E-state index contributed by atoms with van der Waals surface area (Å²) in [5.74, 6) is -2.03. The third-order valence-electron chi connectivity index (χ3n) is 6.72. The summed E-state index contributed by atoms with van der Waals surface area (Å²) < 4.78 is 35.5. The van der Waals surface area contributed by atoms with Crippen LogP contribution in [0.1, 0.15) is 35.1 Å².